The molecule has 12 heteroatoms. The van der Waals surface area contributed by atoms with Crippen LogP contribution in [0.4, 0.5) is 10.8 Å². The number of aromatic nitrogens is 2. The van der Waals surface area contributed by atoms with E-state index >= 15 is 0 Å². The SMILES string of the molecule is CCc1nnc(NC(=O)C(C#N)=Cc2cc(OC)c(OCCOc3c(C)cccc3C)c([N+](=O)[O-])c2)s1. The molecule has 0 saturated carbocycles. The Morgan fingerprint density at radius 1 is 1.19 bits per heavy atom. The Labute approximate surface area is 217 Å². The fourth-order valence-electron chi connectivity index (χ4n) is 3.36. The molecule has 0 unspecified atom stereocenters. The minimum absolute atomic E-state index is 0.0214. The number of aryl methyl sites for hydroxylation is 3. The lowest BCUT2D eigenvalue weighted by molar-refractivity contribution is -0.386. The fourth-order valence-corrected chi connectivity index (χ4v) is 4.04. The number of nitro benzene ring substituents is 1. The Hall–Kier alpha value is -4.50. The van der Waals surface area contributed by atoms with Crippen molar-refractivity contribution in [2.75, 3.05) is 25.6 Å². The van der Waals surface area contributed by atoms with E-state index in [1.807, 2.05) is 39.0 Å². The molecule has 0 atom stereocenters. The number of benzene rings is 2. The first-order valence-corrected chi connectivity index (χ1v) is 12.0. The van der Waals surface area contributed by atoms with Crippen LogP contribution >= 0.6 is 11.3 Å². The van der Waals surface area contributed by atoms with Gasteiger partial charge in [0.2, 0.25) is 10.9 Å². The number of hydrogen-bond acceptors (Lipinski definition) is 10. The second-order valence-corrected chi connectivity index (χ2v) is 8.79. The molecule has 1 N–H and O–H groups in total. The predicted molar refractivity (Wildman–Crippen MR) is 138 cm³/mol. The third kappa shape index (κ3) is 6.80. The molecule has 1 amide bonds. The van der Waals surface area contributed by atoms with Gasteiger partial charge in [-0.3, -0.25) is 20.2 Å². The number of rotatable bonds is 11. The topological polar surface area (TPSA) is 150 Å². The predicted octanol–water partition coefficient (Wildman–Crippen LogP) is 4.64. The molecule has 192 valence electrons. The summed E-state index contributed by atoms with van der Waals surface area (Å²) in [6.07, 6.45) is 1.88. The zero-order chi connectivity index (χ0) is 26.9. The standard InChI is InChI=1S/C25H25N5O6S/c1-5-21-28-29-25(37-21)27-24(31)18(14-26)11-17-12-19(30(32)33)23(20(13-17)34-4)36-10-9-35-22-15(2)7-6-8-16(22)3/h6-8,11-13H,5,9-10H2,1-4H3,(H,27,29,31). The maximum atomic E-state index is 12.6. The number of carbonyl (C=O) groups excluding carboxylic acids is 1. The van der Waals surface area contributed by atoms with Crippen molar-refractivity contribution >= 4 is 34.1 Å². The van der Waals surface area contributed by atoms with Gasteiger partial charge in [-0.25, -0.2) is 0 Å². The number of anilines is 1. The van der Waals surface area contributed by atoms with Crippen molar-refractivity contribution in [2.45, 2.75) is 27.2 Å². The Morgan fingerprint density at radius 3 is 2.43 bits per heavy atom. The molecule has 0 spiro atoms. The molecule has 0 fully saturated rings. The van der Waals surface area contributed by atoms with E-state index in [1.165, 1.54) is 36.7 Å². The highest BCUT2D eigenvalue weighted by atomic mass is 32.1. The second kappa shape index (κ2) is 12.5. The van der Waals surface area contributed by atoms with Crippen molar-refractivity contribution in [3.05, 3.63) is 67.7 Å². The maximum Gasteiger partial charge on any atom is 0.315 e. The van der Waals surface area contributed by atoms with E-state index in [1.54, 1.807) is 6.07 Å². The van der Waals surface area contributed by atoms with E-state index in [9.17, 15) is 20.2 Å². The van der Waals surface area contributed by atoms with Crippen molar-refractivity contribution in [3.63, 3.8) is 0 Å². The van der Waals surface area contributed by atoms with Gasteiger partial charge in [0.1, 0.15) is 35.6 Å². The molecule has 11 nitrogen and oxygen atoms in total. The molecule has 37 heavy (non-hydrogen) atoms. The van der Waals surface area contributed by atoms with E-state index in [2.05, 4.69) is 15.5 Å². The lowest BCUT2D eigenvalue weighted by Gasteiger charge is -2.14. The largest absolute Gasteiger partial charge is 0.493 e. The first-order valence-electron chi connectivity index (χ1n) is 11.2. The van der Waals surface area contributed by atoms with Crippen molar-refractivity contribution < 1.29 is 23.9 Å². The minimum Gasteiger partial charge on any atom is -0.493 e. The zero-order valence-electron chi connectivity index (χ0n) is 20.7. The summed E-state index contributed by atoms with van der Waals surface area (Å²) in [4.78, 5) is 23.7. The zero-order valence-corrected chi connectivity index (χ0v) is 21.5. The average molecular weight is 524 g/mol. The van der Waals surface area contributed by atoms with Gasteiger partial charge in [-0.15, -0.1) is 10.2 Å². The number of nitro groups is 1. The second-order valence-electron chi connectivity index (χ2n) is 7.72. The van der Waals surface area contributed by atoms with Gasteiger partial charge in [0.05, 0.1) is 12.0 Å². The summed E-state index contributed by atoms with van der Waals surface area (Å²) in [5, 5.41) is 32.6. The van der Waals surface area contributed by atoms with Gasteiger partial charge in [-0.05, 0) is 49.1 Å². The number of ether oxygens (including phenoxy) is 3. The van der Waals surface area contributed by atoms with Crippen molar-refractivity contribution in [1.82, 2.24) is 10.2 Å². The lowest BCUT2D eigenvalue weighted by atomic mass is 10.1. The summed E-state index contributed by atoms with van der Waals surface area (Å²) in [7, 11) is 1.34. The number of methoxy groups -OCH3 is 1. The van der Waals surface area contributed by atoms with Gasteiger partial charge in [-0.1, -0.05) is 36.5 Å². The van der Waals surface area contributed by atoms with Crippen LogP contribution in [0.5, 0.6) is 17.2 Å². The summed E-state index contributed by atoms with van der Waals surface area (Å²) in [6, 6.07) is 10.2. The van der Waals surface area contributed by atoms with Crippen LogP contribution in [0.25, 0.3) is 6.08 Å². The average Bonchev–Trinajstić information content (AvgIpc) is 3.33. The number of hydrogen-bond donors (Lipinski definition) is 1. The third-order valence-corrected chi connectivity index (χ3v) is 6.11. The number of amides is 1. The molecule has 3 rings (SSSR count). The molecule has 0 aliphatic carbocycles. The molecule has 0 aliphatic rings. The van der Waals surface area contributed by atoms with Gasteiger partial charge in [-0.2, -0.15) is 5.26 Å². The summed E-state index contributed by atoms with van der Waals surface area (Å²) in [6.45, 7) is 5.93. The summed E-state index contributed by atoms with van der Waals surface area (Å²) in [5.74, 6) is 0.00213. The Morgan fingerprint density at radius 2 is 1.86 bits per heavy atom. The van der Waals surface area contributed by atoms with Crippen molar-refractivity contribution in [3.8, 4) is 23.3 Å². The molecular formula is C25H25N5O6S. The van der Waals surface area contributed by atoms with Crippen LogP contribution in [0, 0.1) is 35.3 Å². The first-order chi connectivity index (χ1) is 17.8. The Bertz CT molecular complexity index is 1360. The molecule has 0 bridgehead atoms. The highest BCUT2D eigenvalue weighted by molar-refractivity contribution is 7.15. The van der Waals surface area contributed by atoms with Gasteiger partial charge in [0, 0.05) is 6.07 Å². The Balaban J connectivity index is 1.80. The number of nitrogens with one attached hydrogen (secondary N) is 1. The van der Waals surface area contributed by atoms with Crippen LogP contribution in [0.1, 0.15) is 28.6 Å². The normalized spacial score (nSPS) is 10.9. The Kier molecular flexibility index (Phi) is 9.12. The van der Waals surface area contributed by atoms with E-state index in [4.69, 9.17) is 14.2 Å². The van der Waals surface area contributed by atoms with E-state index in [0.717, 1.165) is 21.9 Å². The van der Waals surface area contributed by atoms with Gasteiger partial charge in [0.15, 0.2) is 5.75 Å². The summed E-state index contributed by atoms with van der Waals surface area (Å²) >= 11 is 1.19. The van der Waals surface area contributed by atoms with Gasteiger partial charge >= 0.3 is 5.69 Å². The fraction of sp³-hybridized carbons (Fsp3) is 0.280. The van der Waals surface area contributed by atoms with Crippen LogP contribution < -0.4 is 19.5 Å². The highest BCUT2D eigenvalue weighted by Crippen LogP contribution is 2.39. The number of carbonyl (C=O) groups is 1. The van der Waals surface area contributed by atoms with Crippen molar-refractivity contribution in [1.29, 1.82) is 5.26 Å². The monoisotopic (exact) mass is 523 g/mol. The van der Waals surface area contributed by atoms with Gasteiger partial charge in [0.25, 0.3) is 5.91 Å². The molecule has 3 aromatic rings. The van der Waals surface area contributed by atoms with Gasteiger partial charge < -0.3 is 14.2 Å². The molecule has 1 aromatic heterocycles. The number of nitrogens with zero attached hydrogens (tertiary/aromatic N) is 4. The maximum absolute atomic E-state index is 12.6. The molecular weight excluding hydrogens is 498 g/mol. The van der Waals surface area contributed by atoms with Crippen molar-refractivity contribution in [2.24, 2.45) is 0 Å². The highest BCUT2D eigenvalue weighted by Gasteiger charge is 2.23. The molecule has 0 aliphatic heterocycles. The van der Waals surface area contributed by atoms with Crippen LogP contribution in [-0.2, 0) is 11.2 Å². The molecule has 1 heterocycles. The number of nitriles is 1. The first kappa shape index (κ1) is 27.1. The van der Waals surface area contributed by atoms with Crippen LogP contribution in [0.2, 0.25) is 0 Å². The summed E-state index contributed by atoms with van der Waals surface area (Å²) in [5.41, 5.74) is 1.48. The number of para-hydroxylation sites is 1. The van der Waals surface area contributed by atoms with E-state index < -0.39 is 10.8 Å². The molecule has 0 radical (unpaired) electrons. The minimum atomic E-state index is -0.716. The van der Waals surface area contributed by atoms with Crippen LogP contribution in [-0.4, -0.2) is 41.4 Å². The molecule has 2 aromatic carbocycles. The third-order valence-electron chi connectivity index (χ3n) is 5.12. The lowest BCUT2D eigenvalue weighted by Crippen LogP contribution is -2.13. The molecule has 0 saturated heterocycles. The smallest absolute Gasteiger partial charge is 0.315 e. The van der Waals surface area contributed by atoms with E-state index in [-0.39, 0.29) is 46.7 Å². The van der Waals surface area contributed by atoms with Crippen LogP contribution in [0.3, 0.4) is 0 Å². The van der Waals surface area contributed by atoms with E-state index in [0.29, 0.717) is 6.42 Å². The van der Waals surface area contributed by atoms with Crippen LogP contribution in [0.15, 0.2) is 35.9 Å². The quantitative estimate of drug-likeness (QED) is 0.125. The summed E-state index contributed by atoms with van der Waals surface area (Å²) < 4.78 is 16.8.